The summed E-state index contributed by atoms with van der Waals surface area (Å²) in [6.45, 7) is 2.09. The van der Waals surface area contributed by atoms with Crippen LogP contribution in [0.1, 0.15) is 5.56 Å². The first-order chi connectivity index (χ1) is 9.78. The van der Waals surface area contributed by atoms with Crippen molar-refractivity contribution in [1.29, 1.82) is 0 Å². The lowest BCUT2D eigenvalue weighted by Crippen LogP contribution is -1.77. The molecule has 0 unspecified atom stereocenters. The van der Waals surface area contributed by atoms with Gasteiger partial charge in [0.05, 0.1) is 4.90 Å². The molecule has 0 spiro atoms. The maximum absolute atomic E-state index is 6.10. The van der Waals surface area contributed by atoms with Crippen LogP contribution in [0.3, 0.4) is 0 Å². The molecule has 20 heavy (non-hydrogen) atoms. The Balaban J connectivity index is 2.07. The maximum Gasteiger partial charge on any atom is 0.148 e. The predicted molar refractivity (Wildman–Crippen MR) is 86.1 cm³/mol. The standard InChI is InChI=1S/C18H16OS/c1-13-8-10-15(11-9-13)18-17(20-2)12-16(19-18)14-6-4-3-5-7-14/h3-12H,1-2H3. The van der Waals surface area contributed by atoms with Crippen LogP contribution in [-0.2, 0) is 0 Å². The SMILES string of the molecule is CSc1cc(-c2ccccc2)oc1-c1ccc(C)cc1. The summed E-state index contributed by atoms with van der Waals surface area (Å²) in [6.07, 6.45) is 2.08. The zero-order valence-corrected chi connectivity index (χ0v) is 12.4. The molecule has 0 radical (unpaired) electrons. The molecule has 2 heteroatoms. The van der Waals surface area contributed by atoms with Crippen molar-refractivity contribution in [2.24, 2.45) is 0 Å². The molecule has 3 rings (SSSR count). The first-order valence-electron chi connectivity index (χ1n) is 6.58. The van der Waals surface area contributed by atoms with Gasteiger partial charge in [0.15, 0.2) is 0 Å². The van der Waals surface area contributed by atoms with Crippen molar-refractivity contribution in [3.05, 3.63) is 66.2 Å². The number of rotatable bonds is 3. The lowest BCUT2D eigenvalue weighted by Gasteiger charge is -2.01. The van der Waals surface area contributed by atoms with Crippen molar-refractivity contribution in [2.75, 3.05) is 6.26 Å². The Morgan fingerprint density at radius 3 is 2.20 bits per heavy atom. The van der Waals surface area contributed by atoms with E-state index in [9.17, 15) is 0 Å². The van der Waals surface area contributed by atoms with Crippen molar-refractivity contribution in [1.82, 2.24) is 0 Å². The van der Waals surface area contributed by atoms with Gasteiger partial charge in [0.25, 0.3) is 0 Å². The summed E-state index contributed by atoms with van der Waals surface area (Å²) in [5, 5.41) is 0. The second kappa shape index (κ2) is 5.59. The molecule has 1 heterocycles. The third-order valence-electron chi connectivity index (χ3n) is 3.29. The third kappa shape index (κ3) is 2.52. The monoisotopic (exact) mass is 280 g/mol. The van der Waals surface area contributed by atoms with E-state index in [0.29, 0.717) is 0 Å². The van der Waals surface area contributed by atoms with E-state index in [2.05, 4.69) is 55.6 Å². The topological polar surface area (TPSA) is 13.1 Å². The Morgan fingerprint density at radius 1 is 0.850 bits per heavy atom. The van der Waals surface area contributed by atoms with Gasteiger partial charge in [-0.25, -0.2) is 0 Å². The van der Waals surface area contributed by atoms with E-state index in [1.807, 2.05) is 18.2 Å². The molecule has 0 amide bonds. The van der Waals surface area contributed by atoms with Gasteiger partial charge < -0.3 is 4.42 Å². The molecular formula is C18H16OS. The van der Waals surface area contributed by atoms with E-state index in [0.717, 1.165) is 22.6 Å². The van der Waals surface area contributed by atoms with Gasteiger partial charge in [-0.3, -0.25) is 0 Å². The van der Waals surface area contributed by atoms with Crippen LogP contribution in [0.5, 0.6) is 0 Å². The second-order valence-electron chi connectivity index (χ2n) is 4.74. The number of hydrogen-bond donors (Lipinski definition) is 0. The molecule has 0 atom stereocenters. The summed E-state index contributed by atoms with van der Waals surface area (Å²) >= 11 is 1.72. The van der Waals surface area contributed by atoms with E-state index >= 15 is 0 Å². The average molecular weight is 280 g/mol. The fourth-order valence-electron chi connectivity index (χ4n) is 2.18. The van der Waals surface area contributed by atoms with Gasteiger partial charge in [-0.2, -0.15) is 0 Å². The molecule has 1 nitrogen and oxygen atoms in total. The summed E-state index contributed by atoms with van der Waals surface area (Å²) in [7, 11) is 0. The van der Waals surface area contributed by atoms with E-state index in [1.165, 1.54) is 10.5 Å². The molecule has 0 aliphatic heterocycles. The number of aryl methyl sites for hydroxylation is 1. The number of thioether (sulfide) groups is 1. The van der Waals surface area contributed by atoms with E-state index in [1.54, 1.807) is 11.8 Å². The van der Waals surface area contributed by atoms with Crippen molar-refractivity contribution in [3.63, 3.8) is 0 Å². The Morgan fingerprint density at radius 2 is 1.55 bits per heavy atom. The van der Waals surface area contributed by atoms with Crippen LogP contribution < -0.4 is 0 Å². The first-order valence-corrected chi connectivity index (χ1v) is 7.80. The van der Waals surface area contributed by atoms with E-state index in [4.69, 9.17) is 4.42 Å². The molecule has 0 saturated heterocycles. The van der Waals surface area contributed by atoms with Crippen LogP contribution in [0, 0.1) is 6.92 Å². The molecule has 0 bridgehead atoms. The Hall–Kier alpha value is -1.93. The summed E-state index contributed by atoms with van der Waals surface area (Å²) in [5.74, 6) is 1.88. The number of furan rings is 1. The van der Waals surface area contributed by atoms with Crippen molar-refractivity contribution < 1.29 is 4.42 Å². The van der Waals surface area contributed by atoms with Crippen LogP contribution in [0.25, 0.3) is 22.6 Å². The van der Waals surface area contributed by atoms with E-state index in [-0.39, 0.29) is 0 Å². The Bertz CT molecular complexity index is 696. The summed E-state index contributed by atoms with van der Waals surface area (Å²) in [5.41, 5.74) is 3.50. The minimum absolute atomic E-state index is 0.922. The normalized spacial score (nSPS) is 10.7. The van der Waals surface area contributed by atoms with Gasteiger partial charge in [0, 0.05) is 11.1 Å². The fourth-order valence-corrected chi connectivity index (χ4v) is 2.75. The highest BCUT2D eigenvalue weighted by Crippen LogP contribution is 2.37. The average Bonchev–Trinajstić information content (AvgIpc) is 2.93. The van der Waals surface area contributed by atoms with Gasteiger partial charge in [0.2, 0.25) is 0 Å². The fraction of sp³-hybridized carbons (Fsp3) is 0.111. The predicted octanol–water partition coefficient (Wildman–Crippen LogP) is 5.64. The third-order valence-corrected chi connectivity index (χ3v) is 4.03. The summed E-state index contributed by atoms with van der Waals surface area (Å²) in [4.78, 5) is 1.17. The summed E-state index contributed by atoms with van der Waals surface area (Å²) in [6, 6.07) is 20.8. The van der Waals surface area contributed by atoms with Crippen molar-refractivity contribution >= 4 is 11.8 Å². The molecular weight excluding hydrogens is 264 g/mol. The van der Waals surface area contributed by atoms with Crippen LogP contribution in [-0.4, -0.2) is 6.26 Å². The highest BCUT2D eigenvalue weighted by Gasteiger charge is 2.13. The van der Waals surface area contributed by atoms with Gasteiger partial charge in [-0.1, -0.05) is 60.2 Å². The van der Waals surface area contributed by atoms with Crippen molar-refractivity contribution in [3.8, 4) is 22.6 Å². The maximum atomic E-state index is 6.10. The van der Waals surface area contributed by atoms with E-state index < -0.39 is 0 Å². The smallest absolute Gasteiger partial charge is 0.148 e. The van der Waals surface area contributed by atoms with Crippen LogP contribution in [0.15, 0.2) is 70.0 Å². The molecule has 2 aromatic carbocycles. The molecule has 3 aromatic rings. The quantitative estimate of drug-likeness (QED) is 0.576. The minimum Gasteiger partial charge on any atom is -0.455 e. The summed E-state index contributed by atoms with van der Waals surface area (Å²) < 4.78 is 6.10. The molecule has 0 fully saturated rings. The van der Waals surface area contributed by atoms with Gasteiger partial charge in [-0.05, 0) is 19.2 Å². The molecule has 100 valence electrons. The number of hydrogen-bond acceptors (Lipinski definition) is 2. The van der Waals surface area contributed by atoms with Crippen LogP contribution in [0.4, 0.5) is 0 Å². The van der Waals surface area contributed by atoms with Crippen LogP contribution >= 0.6 is 11.8 Å². The van der Waals surface area contributed by atoms with Crippen LogP contribution in [0.2, 0.25) is 0 Å². The highest BCUT2D eigenvalue weighted by atomic mass is 32.2. The van der Waals surface area contributed by atoms with Gasteiger partial charge >= 0.3 is 0 Å². The molecule has 0 saturated carbocycles. The zero-order chi connectivity index (χ0) is 13.9. The lowest BCUT2D eigenvalue weighted by atomic mass is 10.1. The number of benzene rings is 2. The van der Waals surface area contributed by atoms with Crippen molar-refractivity contribution in [2.45, 2.75) is 11.8 Å². The highest BCUT2D eigenvalue weighted by molar-refractivity contribution is 7.98. The van der Waals surface area contributed by atoms with Gasteiger partial charge in [-0.15, -0.1) is 11.8 Å². The largest absolute Gasteiger partial charge is 0.455 e. The zero-order valence-electron chi connectivity index (χ0n) is 11.6. The van der Waals surface area contributed by atoms with Gasteiger partial charge in [0.1, 0.15) is 11.5 Å². The molecule has 0 aliphatic carbocycles. The molecule has 0 N–H and O–H groups in total. The Labute approximate surface area is 123 Å². The minimum atomic E-state index is 0.922. The molecule has 1 aromatic heterocycles. The second-order valence-corrected chi connectivity index (χ2v) is 5.59. The first kappa shape index (κ1) is 13.1. The Kier molecular flexibility index (Phi) is 3.66. The lowest BCUT2D eigenvalue weighted by molar-refractivity contribution is 0.592. The molecule has 0 aliphatic rings.